The van der Waals surface area contributed by atoms with E-state index in [0.29, 0.717) is 0 Å². The second-order valence-electron chi connectivity index (χ2n) is 3.60. The van der Waals surface area contributed by atoms with Gasteiger partial charge in [-0.15, -0.1) is 0 Å². The average molecular weight is 294 g/mol. The highest BCUT2D eigenvalue weighted by atomic mass is 79.9. The molecule has 2 atom stereocenters. The fourth-order valence-corrected chi connectivity index (χ4v) is 1.83. The molecule has 0 aromatic heterocycles. The second kappa shape index (κ2) is 4.65. The van der Waals surface area contributed by atoms with Crippen molar-refractivity contribution in [2.24, 2.45) is 0 Å². The normalized spacial score (nSPS) is 24.8. The predicted octanol–water partition coefficient (Wildman–Crippen LogP) is 1.90. The maximum Gasteiger partial charge on any atom is 0.147 e. The van der Waals surface area contributed by atoms with Crippen molar-refractivity contribution in [1.29, 1.82) is 0 Å². The van der Waals surface area contributed by atoms with E-state index in [1.807, 2.05) is 0 Å². The molecule has 1 aliphatic rings. The molecular weight excluding hydrogens is 284 g/mol. The minimum Gasteiger partial charge on any atom is -0.388 e. The van der Waals surface area contributed by atoms with E-state index < -0.39 is 23.8 Å². The Morgan fingerprint density at radius 1 is 1.31 bits per heavy atom. The smallest absolute Gasteiger partial charge is 0.147 e. The number of hydrogen-bond acceptors (Lipinski definition) is 3. The number of hydrogen-bond donors (Lipinski definition) is 2. The number of halogens is 3. The van der Waals surface area contributed by atoms with Crippen LogP contribution in [0.2, 0.25) is 0 Å². The summed E-state index contributed by atoms with van der Waals surface area (Å²) in [5.74, 6) is -1.13. The summed E-state index contributed by atoms with van der Waals surface area (Å²) >= 11 is 2.89. The number of ether oxygens (including phenoxy) is 1. The Labute approximate surface area is 99.5 Å². The minimum absolute atomic E-state index is 0.0234. The highest BCUT2D eigenvalue weighted by Crippen LogP contribution is 2.24. The molecule has 1 aromatic carbocycles. The van der Waals surface area contributed by atoms with Gasteiger partial charge in [0.05, 0.1) is 35.5 Å². The molecule has 0 saturated carbocycles. The van der Waals surface area contributed by atoms with Gasteiger partial charge in [-0.3, -0.25) is 0 Å². The zero-order chi connectivity index (χ0) is 11.7. The predicted molar refractivity (Wildman–Crippen MR) is 58.3 cm³/mol. The quantitative estimate of drug-likeness (QED) is 0.819. The van der Waals surface area contributed by atoms with E-state index in [2.05, 4.69) is 21.2 Å². The lowest BCUT2D eigenvalue weighted by molar-refractivity contribution is 0.125. The number of benzene rings is 1. The molecule has 0 spiro atoms. The van der Waals surface area contributed by atoms with Crippen molar-refractivity contribution in [1.82, 2.24) is 0 Å². The van der Waals surface area contributed by atoms with Gasteiger partial charge in [-0.1, -0.05) is 0 Å². The van der Waals surface area contributed by atoms with E-state index in [4.69, 9.17) is 4.74 Å². The highest BCUT2D eigenvalue weighted by Gasteiger charge is 2.26. The Hall–Kier alpha value is -0.720. The molecule has 2 N–H and O–H groups in total. The third-order valence-electron chi connectivity index (χ3n) is 2.40. The van der Waals surface area contributed by atoms with Crippen molar-refractivity contribution >= 4 is 21.6 Å². The monoisotopic (exact) mass is 293 g/mol. The van der Waals surface area contributed by atoms with Gasteiger partial charge in [0.15, 0.2) is 0 Å². The van der Waals surface area contributed by atoms with Crippen LogP contribution in [0.3, 0.4) is 0 Å². The standard InChI is InChI=1S/C10H10BrF2NO2/c11-5-1-7(13)8(2-6(5)12)14-9-3-16-4-10(9)15/h1-2,9-10,14-15H,3-4H2. The van der Waals surface area contributed by atoms with Crippen molar-refractivity contribution in [2.45, 2.75) is 12.1 Å². The number of nitrogens with one attached hydrogen (secondary N) is 1. The summed E-state index contributed by atoms with van der Waals surface area (Å²) < 4.78 is 31.7. The summed E-state index contributed by atoms with van der Waals surface area (Å²) in [6, 6.07) is 1.68. The molecule has 0 bridgehead atoms. The van der Waals surface area contributed by atoms with Crippen LogP contribution >= 0.6 is 15.9 Å². The first-order valence-corrected chi connectivity index (χ1v) is 5.54. The zero-order valence-electron chi connectivity index (χ0n) is 8.21. The SMILES string of the molecule is OC1COCC1Nc1cc(F)c(Br)cc1F. The van der Waals surface area contributed by atoms with Crippen LogP contribution in [0.4, 0.5) is 14.5 Å². The molecule has 2 unspecified atom stereocenters. The summed E-state index contributed by atoms with van der Waals surface area (Å²) in [6.45, 7) is 0.483. The van der Waals surface area contributed by atoms with Crippen LogP contribution in [0.15, 0.2) is 16.6 Å². The highest BCUT2D eigenvalue weighted by molar-refractivity contribution is 9.10. The van der Waals surface area contributed by atoms with Gasteiger partial charge >= 0.3 is 0 Å². The largest absolute Gasteiger partial charge is 0.388 e. The van der Waals surface area contributed by atoms with Crippen LogP contribution in [0.25, 0.3) is 0 Å². The van der Waals surface area contributed by atoms with Gasteiger partial charge in [-0.25, -0.2) is 8.78 Å². The zero-order valence-corrected chi connectivity index (χ0v) is 9.80. The first kappa shape index (κ1) is 11.8. The van der Waals surface area contributed by atoms with Crippen LogP contribution in [0.1, 0.15) is 0 Å². The summed E-state index contributed by atoms with van der Waals surface area (Å²) in [7, 11) is 0. The molecule has 16 heavy (non-hydrogen) atoms. The first-order valence-electron chi connectivity index (χ1n) is 4.75. The number of aliphatic hydroxyl groups excluding tert-OH is 1. The van der Waals surface area contributed by atoms with Crippen LogP contribution in [0.5, 0.6) is 0 Å². The second-order valence-corrected chi connectivity index (χ2v) is 4.46. The van der Waals surface area contributed by atoms with Crippen LogP contribution < -0.4 is 5.32 Å². The Bertz CT molecular complexity index is 403. The summed E-state index contributed by atoms with van der Waals surface area (Å²) in [5, 5.41) is 12.2. The number of aliphatic hydroxyl groups is 1. The molecule has 1 fully saturated rings. The van der Waals surface area contributed by atoms with Gasteiger partial charge in [0.25, 0.3) is 0 Å². The molecule has 0 amide bonds. The minimum atomic E-state index is -0.703. The van der Waals surface area contributed by atoms with E-state index in [-0.39, 0.29) is 23.4 Å². The van der Waals surface area contributed by atoms with Crippen LogP contribution in [-0.2, 0) is 4.74 Å². The fraction of sp³-hybridized carbons (Fsp3) is 0.400. The Kier molecular flexibility index (Phi) is 3.41. The topological polar surface area (TPSA) is 41.5 Å². The Morgan fingerprint density at radius 2 is 2.06 bits per heavy atom. The van der Waals surface area contributed by atoms with E-state index in [1.165, 1.54) is 0 Å². The van der Waals surface area contributed by atoms with Gasteiger partial charge in [0, 0.05) is 6.07 Å². The van der Waals surface area contributed by atoms with E-state index >= 15 is 0 Å². The molecule has 2 rings (SSSR count). The molecule has 3 nitrogen and oxygen atoms in total. The van der Waals surface area contributed by atoms with Gasteiger partial charge in [0.1, 0.15) is 11.6 Å². The van der Waals surface area contributed by atoms with Crippen molar-refractivity contribution in [3.8, 4) is 0 Å². The number of anilines is 1. The molecule has 88 valence electrons. The van der Waals surface area contributed by atoms with E-state index in [9.17, 15) is 13.9 Å². The van der Waals surface area contributed by atoms with E-state index in [1.54, 1.807) is 0 Å². The number of rotatable bonds is 2. The summed E-state index contributed by atoms with van der Waals surface area (Å²) in [5.41, 5.74) is 0.0234. The van der Waals surface area contributed by atoms with Crippen molar-refractivity contribution < 1.29 is 18.6 Å². The first-order chi connectivity index (χ1) is 7.58. The maximum atomic E-state index is 13.4. The molecule has 0 aliphatic carbocycles. The molecule has 0 radical (unpaired) electrons. The lowest BCUT2D eigenvalue weighted by atomic mass is 10.2. The lowest BCUT2D eigenvalue weighted by Gasteiger charge is -2.16. The molecule has 1 heterocycles. The molecular formula is C10H10BrF2NO2. The third kappa shape index (κ3) is 2.34. The Morgan fingerprint density at radius 3 is 2.69 bits per heavy atom. The van der Waals surface area contributed by atoms with Gasteiger partial charge in [0.2, 0.25) is 0 Å². The van der Waals surface area contributed by atoms with Gasteiger partial charge < -0.3 is 15.2 Å². The van der Waals surface area contributed by atoms with Crippen LogP contribution in [-0.4, -0.2) is 30.5 Å². The van der Waals surface area contributed by atoms with Gasteiger partial charge in [-0.05, 0) is 22.0 Å². The summed E-state index contributed by atoms with van der Waals surface area (Å²) in [6.07, 6.45) is -0.703. The van der Waals surface area contributed by atoms with Crippen LogP contribution in [0, 0.1) is 11.6 Å². The molecule has 1 aliphatic heterocycles. The van der Waals surface area contributed by atoms with Crippen molar-refractivity contribution in [3.63, 3.8) is 0 Å². The molecule has 1 aromatic rings. The van der Waals surface area contributed by atoms with E-state index in [0.717, 1.165) is 12.1 Å². The average Bonchev–Trinajstić information content (AvgIpc) is 2.61. The van der Waals surface area contributed by atoms with Gasteiger partial charge in [-0.2, -0.15) is 0 Å². The lowest BCUT2D eigenvalue weighted by Crippen LogP contribution is -2.32. The summed E-state index contributed by atoms with van der Waals surface area (Å²) in [4.78, 5) is 0. The molecule has 6 heteroatoms. The molecule has 1 saturated heterocycles. The van der Waals surface area contributed by atoms with Crippen molar-refractivity contribution in [2.75, 3.05) is 18.5 Å². The Balaban J connectivity index is 2.18. The van der Waals surface area contributed by atoms with Crippen molar-refractivity contribution in [3.05, 3.63) is 28.2 Å². The fourth-order valence-electron chi connectivity index (χ4n) is 1.51. The maximum absolute atomic E-state index is 13.4. The third-order valence-corrected chi connectivity index (χ3v) is 3.01.